The molecule has 0 fully saturated rings. The van der Waals surface area contributed by atoms with Crippen LogP contribution in [0.1, 0.15) is 0 Å². The van der Waals surface area contributed by atoms with Gasteiger partial charge in [-0.25, -0.2) is 0 Å². The SMILES string of the molecule is Bc1ccc(SSc2ccc(B3Oc4ccccc4O3)cc2)cc1. The fourth-order valence-corrected chi connectivity index (χ4v) is 4.34. The molecular weight excluding hydrogens is 334 g/mol. The lowest BCUT2D eigenvalue weighted by Gasteiger charge is -2.06. The molecule has 4 rings (SSSR count). The summed E-state index contributed by atoms with van der Waals surface area (Å²) in [6.45, 7) is 0. The molecule has 1 aliphatic heterocycles. The van der Waals surface area contributed by atoms with Gasteiger partial charge in [0, 0.05) is 15.3 Å². The maximum atomic E-state index is 5.84. The third kappa shape index (κ3) is 3.45. The van der Waals surface area contributed by atoms with Gasteiger partial charge in [0.1, 0.15) is 19.3 Å². The smallest absolute Gasteiger partial charge is 0.519 e. The zero-order chi connectivity index (χ0) is 16.4. The summed E-state index contributed by atoms with van der Waals surface area (Å²) in [7, 11) is 5.26. The molecule has 0 spiro atoms. The van der Waals surface area contributed by atoms with Gasteiger partial charge in [0.2, 0.25) is 0 Å². The minimum absolute atomic E-state index is 0.355. The molecule has 0 saturated carbocycles. The Morgan fingerprint density at radius 3 is 1.71 bits per heavy atom. The fourth-order valence-electron chi connectivity index (χ4n) is 2.41. The first-order valence-corrected chi connectivity index (χ1v) is 9.86. The van der Waals surface area contributed by atoms with Crippen molar-refractivity contribution in [1.29, 1.82) is 0 Å². The van der Waals surface area contributed by atoms with Crippen LogP contribution >= 0.6 is 21.6 Å². The minimum Gasteiger partial charge on any atom is -0.519 e. The lowest BCUT2D eigenvalue weighted by Crippen LogP contribution is -2.38. The molecule has 0 unspecified atom stereocenters. The second-order valence-electron chi connectivity index (χ2n) is 5.56. The predicted octanol–water partition coefficient (Wildman–Crippen LogP) is 2.91. The molecule has 24 heavy (non-hydrogen) atoms. The van der Waals surface area contributed by atoms with Crippen LogP contribution in [-0.2, 0) is 0 Å². The van der Waals surface area contributed by atoms with E-state index in [0.29, 0.717) is 0 Å². The molecule has 0 aromatic heterocycles. The van der Waals surface area contributed by atoms with Crippen molar-refractivity contribution in [3.63, 3.8) is 0 Å². The first-order chi connectivity index (χ1) is 11.8. The zero-order valence-electron chi connectivity index (χ0n) is 13.1. The molecule has 0 radical (unpaired) electrons. The molecule has 0 amide bonds. The van der Waals surface area contributed by atoms with Gasteiger partial charge < -0.3 is 9.31 Å². The second-order valence-corrected chi connectivity index (χ2v) is 7.84. The predicted molar refractivity (Wildman–Crippen MR) is 106 cm³/mol. The van der Waals surface area contributed by atoms with Crippen LogP contribution in [0.5, 0.6) is 11.5 Å². The standard InChI is InChI=1S/C18H14B2O2S2/c19-13-5-9-15(10-6-13)23-24-16-11-7-14(8-12-16)20-21-17-3-1-2-4-18(17)22-20/h1-12H,19H2. The summed E-state index contributed by atoms with van der Waals surface area (Å²) >= 11 is 0. The summed E-state index contributed by atoms with van der Waals surface area (Å²) < 4.78 is 11.7. The van der Waals surface area contributed by atoms with Crippen LogP contribution in [0.3, 0.4) is 0 Å². The van der Waals surface area contributed by atoms with Gasteiger partial charge in [-0.2, -0.15) is 0 Å². The van der Waals surface area contributed by atoms with Crippen molar-refractivity contribution >= 4 is 47.5 Å². The Bertz CT molecular complexity index is 813. The van der Waals surface area contributed by atoms with E-state index in [1.165, 1.54) is 15.3 Å². The lowest BCUT2D eigenvalue weighted by molar-refractivity contribution is 0.519. The molecule has 116 valence electrons. The highest BCUT2D eigenvalue weighted by Crippen LogP contribution is 2.37. The number of fused-ring (bicyclic) bond motifs is 1. The van der Waals surface area contributed by atoms with Crippen molar-refractivity contribution in [1.82, 2.24) is 0 Å². The summed E-state index contributed by atoms with van der Waals surface area (Å²) in [5, 5.41) is 0. The molecule has 0 aliphatic carbocycles. The first kappa shape index (κ1) is 15.6. The Labute approximate surface area is 150 Å². The van der Waals surface area contributed by atoms with Gasteiger partial charge in [-0.05, 0) is 36.4 Å². The van der Waals surface area contributed by atoms with E-state index in [0.717, 1.165) is 17.0 Å². The van der Waals surface area contributed by atoms with E-state index >= 15 is 0 Å². The van der Waals surface area contributed by atoms with Crippen LogP contribution in [0.15, 0.2) is 82.6 Å². The summed E-state index contributed by atoms with van der Waals surface area (Å²) in [5.41, 5.74) is 2.31. The third-order valence-electron chi connectivity index (χ3n) is 3.72. The molecule has 0 saturated heterocycles. The van der Waals surface area contributed by atoms with Gasteiger partial charge >= 0.3 is 7.12 Å². The van der Waals surface area contributed by atoms with Crippen LogP contribution in [-0.4, -0.2) is 15.0 Å². The van der Waals surface area contributed by atoms with Crippen LogP contribution in [0.4, 0.5) is 0 Å². The van der Waals surface area contributed by atoms with Gasteiger partial charge in [0.05, 0.1) is 0 Å². The van der Waals surface area contributed by atoms with Crippen molar-refractivity contribution in [2.75, 3.05) is 0 Å². The average Bonchev–Trinajstić information content (AvgIpc) is 3.06. The minimum atomic E-state index is -0.355. The summed E-state index contributed by atoms with van der Waals surface area (Å²) in [6.07, 6.45) is 0. The largest absolute Gasteiger partial charge is 0.632 e. The highest BCUT2D eigenvalue weighted by Gasteiger charge is 2.33. The van der Waals surface area contributed by atoms with Crippen LogP contribution in [0.25, 0.3) is 0 Å². The Kier molecular flexibility index (Phi) is 4.50. The fraction of sp³-hybridized carbons (Fsp3) is 0. The third-order valence-corrected chi connectivity index (χ3v) is 6.14. The Morgan fingerprint density at radius 2 is 1.17 bits per heavy atom. The quantitative estimate of drug-likeness (QED) is 0.533. The first-order valence-electron chi connectivity index (χ1n) is 7.71. The van der Waals surface area contributed by atoms with Gasteiger partial charge in [0.15, 0.2) is 0 Å². The average molecular weight is 348 g/mol. The molecule has 3 aromatic carbocycles. The van der Waals surface area contributed by atoms with Crippen molar-refractivity contribution < 1.29 is 9.31 Å². The van der Waals surface area contributed by atoms with E-state index < -0.39 is 0 Å². The number of rotatable bonds is 4. The van der Waals surface area contributed by atoms with Crippen LogP contribution in [0.2, 0.25) is 0 Å². The topological polar surface area (TPSA) is 18.5 Å². The van der Waals surface area contributed by atoms with E-state index in [1.807, 2.05) is 24.3 Å². The van der Waals surface area contributed by atoms with Crippen molar-refractivity contribution in [2.24, 2.45) is 0 Å². The van der Waals surface area contributed by atoms with Crippen molar-refractivity contribution in [3.05, 3.63) is 72.8 Å². The van der Waals surface area contributed by atoms with E-state index in [4.69, 9.17) is 9.31 Å². The lowest BCUT2D eigenvalue weighted by atomic mass is 9.79. The molecular formula is C18H14B2O2S2. The van der Waals surface area contributed by atoms with Gasteiger partial charge in [-0.3, -0.25) is 0 Å². The van der Waals surface area contributed by atoms with Gasteiger partial charge in [0.25, 0.3) is 0 Å². The maximum Gasteiger partial charge on any atom is 0.632 e. The van der Waals surface area contributed by atoms with Crippen LogP contribution in [0, 0.1) is 0 Å². The number of benzene rings is 3. The van der Waals surface area contributed by atoms with Gasteiger partial charge in [-0.15, -0.1) is 0 Å². The molecule has 0 bridgehead atoms. The molecule has 1 aliphatic rings. The normalized spacial score (nSPS) is 12.4. The number of hydrogen-bond acceptors (Lipinski definition) is 4. The van der Waals surface area contributed by atoms with E-state index in [1.54, 1.807) is 21.6 Å². The highest BCUT2D eigenvalue weighted by atomic mass is 33.1. The van der Waals surface area contributed by atoms with Gasteiger partial charge in [-0.1, -0.05) is 63.4 Å². The maximum absolute atomic E-state index is 5.84. The Balaban J connectivity index is 1.39. The molecule has 0 N–H and O–H groups in total. The summed E-state index contributed by atoms with van der Waals surface area (Å²) in [6, 6.07) is 24.7. The Hall–Kier alpha value is -1.91. The molecule has 0 atom stereocenters. The Morgan fingerprint density at radius 1 is 0.667 bits per heavy atom. The molecule has 1 heterocycles. The number of para-hydroxylation sites is 2. The van der Waals surface area contributed by atoms with Crippen LogP contribution < -0.4 is 20.2 Å². The summed E-state index contributed by atoms with van der Waals surface area (Å²) in [5.74, 6) is 1.60. The summed E-state index contributed by atoms with van der Waals surface area (Å²) in [4.78, 5) is 2.47. The molecule has 2 nitrogen and oxygen atoms in total. The van der Waals surface area contributed by atoms with Crippen molar-refractivity contribution in [2.45, 2.75) is 9.79 Å². The van der Waals surface area contributed by atoms with E-state index in [2.05, 4.69) is 56.4 Å². The van der Waals surface area contributed by atoms with E-state index in [-0.39, 0.29) is 7.12 Å². The number of hydrogen-bond donors (Lipinski definition) is 0. The molecule has 6 heteroatoms. The highest BCUT2D eigenvalue weighted by molar-refractivity contribution is 8.76. The molecule has 3 aromatic rings. The van der Waals surface area contributed by atoms with E-state index in [9.17, 15) is 0 Å². The van der Waals surface area contributed by atoms with Crippen molar-refractivity contribution in [3.8, 4) is 11.5 Å². The zero-order valence-corrected chi connectivity index (χ0v) is 14.8. The second kappa shape index (κ2) is 6.91. The monoisotopic (exact) mass is 348 g/mol.